The molecule has 29 heavy (non-hydrogen) atoms. The van der Waals surface area contributed by atoms with Crippen LogP contribution < -0.4 is 10.6 Å². The Hall–Kier alpha value is -2.37. The number of aromatic nitrogens is 3. The average molecular weight is 513 g/mol. The Morgan fingerprint density at radius 1 is 1.34 bits per heavy atom. The molecule has 10 heteroatoms. The summed E-state index contributed by atoms with van der Waals surface area (Å²) in [6.07, 6.45) is 8.65. The Morgan fingerprint density at radius 2 is 2.14 bits per heavy atom. The lowest BCUT2D eigenvalue weighted by Crippen LogP contribution is -2.49. The molecule has 0 radical (unpaired) electrons. The second-order valence-electron chi connectivity index (χ2n) is 6.52. The van der Waals surface area contributed by atoms with Crippen LogP contribution in [-0.4, -0.2) is 64.3 Å². The Balaban J connectivity index is 0.00000300. The van der Waals surface area contributed by atoms with Gasteiger partial charge in [0.05, 0.1) is 6.61 Å². The third-order valence-corrected chi connectivity index (χ3v) is 4.62. The molecule has 0 saturated carbocycles. The number of carbonyl (C=O) groups excluding carboxylic acids is 1. The molecule has 0 bridgehead atoms. The number of carbonyl (C=O) groups is 1. The number of likely N-dealkylation sites (tertiary alicyclic amines) is 1. The Morgan fingerprint density at radius 3 is 2.72 bits per heavy atom. The Kier molecular flexibility index (Phi) is 9.16. The minimum Gasteiger partial charge on any atom is -0.450 e. The van der Waals surface area contributed by atoms with E-state index in [2.05, 4.69) is 25.6 Å². The highest BCUT2D eigenvalue weighted by Crippen LogP contribution is 2.11. The number of nitrogens with zero attached hydrogens (tertiary/aromatic N) is 5. The predicted molar refractivity (Wildman–Crippen MR) is 122 cm³/mol. The zero-order chi connectivity index (χ0) is 19.8. The van der Waals surface area contributed by atoms with Crippen molar-refractivity contribution in [2.24, 2.45) is 4.99 Å². The molecule has 9 nitrogen and oxygen atoms in total. The number of guanidine groups is 1. The van der Waals surface area contributed by atoms with E-state index in [1.807, 2.05) is 36.0 Å². The number of piperidine rings is 1. The summed E-state index contributed by atoms with van der Waals surface area (Å²) in [5.74, 6) is 1.57. The van der Waals surface area contributed by atoms with Crippen molar-refractivity contribution in [3.8, 4) is 5.82 Å². The zero-order valence-corrected chi connectivity index (χ0v) is 19.1. The summed E-state index contributed by atoms with van der Waals surface area (Å²) in [6, 6.07) is 4.26. The van der Waals surface area contributed by atoms with Crippen LogP contribution in [0.15, 0.2) is 42.0 Å². The van der Waals surface area contributed by atoms with Crippen LogP contribution in [0.4, 0.5) is 4.79 Å². The number of nitrogens with one attached hydrogen (secondary N) is 2. The number of ether oxygens (including phenoxy) is 1. The fourth-order valence-corrected chi connectivity index (χ4v) is 3.06. The van der Waals surface area contributed by atoms with Crippen molar-refractivity contribution >= 4 is 36.0 Å². The SMILES string of the molecule is CCOC(=O)N1CCC(NC(=NC)NCc2ccc(-n3ccnc3)nc2)CC1.I. The van der Waals surface area contributed by atoms with E-state index in [9.17, 15) is 4.79 Å². The number of hydrogen-bond donors (Lipinski definition) is 2. The van der Waals surface area contributed by atoms with Gasteiger partial charge < -0.3 is 20.3 Å². The monoisotopic (exact) mass is 513 g/mol. The fraction of sp³-hybridized carbons (Fsp3) is 0.474. The molecule has 1 saturated heterocycles. The van der Waals surface area contributed by atoms with Crippen molar-refractivity contribution in [2.45, 2.75) is 32.4 Å². The third-order valence-electron chi connectivity index (χ3n) is 4.62. The van der Waals surface area contributed by atoms with Gasteiger partial charge in [-0.25, -0.2) is 14.8 Å². The Labute approximate surface area is 188 Å². The summed E-state index contributed by atoms with van der Waals surface area (Å²) in [6.45, 7) is 4.23. The van der Waals surface area contributed by atoms with Crippen LogP contribution >= 0.6 is 24.0 Å². The van der Waals surface area contributed by atoms with Crippen molar-refractivity contribution in [3.63, 3.8) is 0 Å². The van der Waals surface area contributed by atoms with E-state index in [1.54, 1.807) is 24.5 Å². The maximum atomic E-state index is 11.8. The van der Waals surface area contributed by atoms with Crippen LogP contribution in [0.3, 0.4) is 0 Å². The van der Waals surface area contributed by atoms with Gasteiger partial charge >= 0.3 is 6.09 Å². The van der Waals surface area contributed by atoms with Crippen molar-refractivity contribution in [1.82, 2.24) is 30.1 Å². The third kappa shape index (κ3) is 6.58. The van der Waals surface area contributed by atoms with Crippen molar-refractivity contribution in [2.75, 3.05) is 26.7 Å². The smallest absolute Gasteiger partial charge is 0.409 e. The number of aliphatic imine (C=N–C) groups is 1. The highest BCUT2D eigenvalue weighted by atomic mass is 127. The Bertz CT molecular complexity index is 772. The van der Waals surface area contributed by atoms with Gasteiger partial charge in [-0.3, -0.25) is 9.56 Å². The van der Waals surface area contributed by atoms with Crippen LogP contribution in [0, 0.1) is 0 Å². The first kappa shape index (κ1) is 22.9. The molecule has 2 aromatic heterocycles. The van der Waals surface area contributed by atoms with Gasteiger partial charge in [-0.2, -0.15) is 0 Å². The molecule has 0 atom stereocenters. The number of hydrogen-bond acceptors (Lipinski definition) is 5. The quantitative estimate of drug-likeness (QED) is 0.362. The minimum atomic E-state index is -0.227. The molecular formula is C19H28IN7O2. The van der Waals surface area contributed by atoms with E-state index < -0.39 is 0 Å². The lowest BCUT2D eigenvalue weighted by molar-refractivity contribution is 0.0963. The summed E-state index contributed by atoms with van der Waals surface area (Å²) < 4.78 is 6.92. The molecule has 1 aliphatic heterocycles. The van der Waals surface area contributed by atoms with E-state index in [0.29, 0.717) is 26.2 Å². The first-order valence-electron chi connectivity index (χ1n) is 9.51. The number of rotatable bonds is 5. The largest absolute Gasteiger partial charge is 0.450 e. The number of imidazole rings is 1. The van der Waals surface area contributed by atoms with Crippen molar-refractivity contribution in [3.05, 3.63) is 42.6 Å². The number of halogens is 1. The lowest BCUT2D eigenvalue weighted by Gasteiger charge is -2.32. The average Bonchev–Trinajstić information content (AvgIpc) is 3.27. The zero-order valence-electron chi connectivity index (χ0n) is 16.7. The van der Waals surface area contributed by atoms with E-state index in [4.69, 9.17) is 4.74 Å². The first-order valence-corrected chi connectivity index (χ1v) is 9.51. The normalized spacial score (nSPS) is 14.8. The van der Waals surface area contributed by atoms with Crippen molar-refractivity contribution in [1.29, 1.82) is 0 Å². The molecular weight excluding hydrogens is 485 g/mol. The first-order chi connectivity index (χ1) is 13.7. The molecule has 0 aromatic carbocycles. The molecule has 2 aromatic rings. The van der Waals surface area contributed by atoms with Crippen LogP contribution in [0.1, 0.15) is 25.3 Å². The molecule has 158 valence electrons. The summed E-state index contributed by atoms with van der Waals surface area (Å²) in [4.78, 5) is 26.3. The highest BCUT2D eigenvalue weighted by Gasteiger charge is 2.23. The summed E-state index contributed by atoms with van der Waals surface area (Å²) in [5, 5.41) is 6.74. The number of amides is 1. The molecule has 0 unspecified atom stereocenters. The molecule has 3 heterocycles. The second kappa shape index (κ2) is 11.6. The molecule has 1 aliphatic rings. The van der Waals surface area contributed by atoms with Gasteiger partial charge in [-0.15, -0.1) is 24.0 Å². The summed E-state index contributed by atoms with van der Waals surface area (Å²) in [7, 11) is 1.75. The maximum absolute atomic E-state index is 11.8. The van der Waals surface area contributed by atoms with Gasteiger partial charge in [0.25, 0.3) is 0 Å². The van der Waals surface area contributed by atoms with Gasteiger partial charge in [-0.05, 0) is 31.4 Å². The molecule has 0 spiro atoms. The van der Waals surface area contributed by atoms with Gasteiger partial charge in [0.1, 0.15) is 12.1 Å². The van der Waals surface area contributed by atoms with Crippen LogP contribution in [0.5, 0.6) is 0 Å². The van der Waals surface area contributed by atoms with E-state index >= 15 is 0 Å². The highest BCUT2D eigenvalue weighted by molar-refractivity contribution is 14.0. The number of pyridine rings is 1. The standard InChI is InChI=1S/C19H27N7O2.HI/c1-3-28-19(27)25-9-6-16(7-10-25)24-18(20-2)23-13-15-4-5-17(22-12-15)26-11-8-21-14-26;/h4-5,8,11-12,14,16H,3,6-7,9-10,13H2,1-2H3,(H2,20,23,24);1H. The van der Waals surface area contributed by atoms with E-state index in [-0.39, 0.29) is 36.1 Å². The summed E-state index contributed by atoms with van der Waals surface area (Å²) >= 11 is 0. The van der Waals surface area contributed by atoms with Gasteiger partial charge in [0, 0.05) is 51.3 Å². The van der Waals surface area contributed by atoms with Crippen LogP contribution in [-0.2, 0) is 11.3 Å². The lowest BCUT2D eigenvalue weighted by atomic mass is 10.1. The maximum Gasteiger partial charge on any atom is 0.409 e. The molecule has 1 amide bonds. The summed E-state index contributed by atoms with van der Waals surface area (Å²) in [5.41, 5.74) is 1.06. The van der Waals surface area contributed by atoms with Gasteiger partial charge in [-0.1, -0.05) is 6.07 Å². The molecule has 2 N–H and O–H groups in total. The van der Waals surface area contributed by atoms with Crippen LogP contribution in [0.25, 0.3) is 5.82 Å². The topological polar surface area (TPSA) is 96.7 Å². The predicted octanol–water partition coefficient (Wildman–Crippen LogP) is 2.17. The van der Waals surface area contributed by atoms with Crippen LogP contribution in [0.2, 0.25) is 0 Å². The van der Waals surface area contributed by atoms with E-state index in [1.165, 1.54) is 0 Å². The minimum absolute atomic E-state index is 0. The molecule has 3 rings (SSSR count). The second-order valence-corrected chi connectivity index (χ2v) is 6.52. The van der Waals surface area contributed by atoms with Crippen molar-refractivity contribution < 1.29 is 9.53 Å². The van der Waals surface area contributed by atoms with E-state index in [0.717, 1.165) is 30.2 Å². The molecule has 1 fully saturated rings. The van der Waals surface area contributed by atoms with Gasteiger partial charge in [0.15, 0.2) is 5.96 Å². The molecule has 0 aliphatic carbocycles. The fourth-order valence-electron chi connectivity index (χ4n) is 3.06. The van der Waals surface area contributed by atoms with Gasteiger partial charge in [0.2, 0.25) is 0 Å².